The molecular formula is C28H33N3O3S. The van der Waals surface area contributed by atoms with E-state index in [9.17, 15) is 9.59 Å². The van der Waals surface area contributed by atoms with Crippen molar-refractivity contribution in [2.24, 2.45) is 5.92 Å². The summed E-state index contributed by atoms with van der Waals surface area (Å²) in [5, 5.41) is 0.327. The number of ether oxygens (including phenoxy) is 1. The van der Waals surface area contributed by atoms with Gasteiger partial charge in [-0.05, 0) is 55.2 Å². The van der Waals surface area contributed by atoms with E-state index in [2.05, 4.69) is 29.2 Å². The number of carbonyl (C=O) groups excluding carboxylic acids is 2. The second kappa shape index (κ2) is 10.4. The molecule has 0 bridgehead atoms. The number of fused-ring (bicyclic) bond motifs is 1. The lowest BCUT2D eigenvalue weighted by Crippen LogP contribution is -2.55. The summed E-state index contributed by atoms with van der Waals surface area (Å²) in [6.45, 7) is 3.24. The summed E-state index contributed by atoms with van der Waals surface area (Å²) in [5.74, 6) is 1.09. The van der Waals surface area contributed by atoms with Crippen molar-refractivity contribution in [3.8, 4) is 5.75 Å². The summed E-state index contributed by atoms with van der Waals surface area (Å²) in [6.07, 6.45) is 4.55. The maximum atomic E-state index is 13.4. The average molecular weight is 492 g/mol. The van der Waals surface area contributed by atoms with Crippen LogP contribution in [0.2, 0.25) is 0 Å². The largest absolute Gasteiger partial charge is 0.497 e. The molecule has 6 nitrogen and oxygen atoms in total. The third kappa shape index (κ3) is 5.06. The third-order valence-electron chi connectivity index (χ3n) is 7.52. The predicted molar refractivity (Wildman–Crippen MR) is 141 cm³/mol. The van der Waals surface area contributed by atoms with Gasteiger partial charge in [-0.3, -0.25) is 9.59 Å². The lowest BCUT2D eigenvalue weighted by molar-refractivity contribution is -0.139. The van der Waals surface area contributed by atoms with Crippen molar-refractivity contribution < 1.29 is 14.3 Å². The topological polar surface area (TPSA) is 53.1 Å². The number of hydrogen-bond acceptors (Lipinski definition) is 5. The maximum Gasteiger partial charge on any atom is 0.260 e. The van der Waals surface area contributed by atoms with Crippen LogP contribution in [0, 0.1) is 5.92 Å². The zero-order valence-corrected chi connectivity index (χ0v) is 21.2. The van der Waals surface area contributed by atoms with Crippen molar-refractivity contribution in [2.45, 2.75) is 30.6 Å². The van der Waals surface area contributed by atoms with Gasteiger partial charge < -0.3 is 19.4 Å². The fourth-order valence-corrected chi connectivity index (χ4v) is 6.97. The first kappa shape index (κ1) is 23.8. The van der Waals surface area contributed by atoms with E-state index >= 15 is 0 Å². The average Bonchev–Trinajstić information content (AvgIpc) is 2.92. The monoisotopic (exact) mass is 491 g/mol. The SMILES string of the molecule is COc1cccc(/C=C2\SC3CCC(C(=O)N4CCN(c5ccccc5)CC4)CC3N(C)C2=O)c1. The van der Waals surface area contributed by atoms with Crippen LogP contribution >= 0.6 is 11.8 Å². The summed E-state index contributed by atoms with van der Waals surface area (Å²) < 4.78 is 5.32. The van der Waals surface area contributed by atoms with Gasteiger partial charge in [-0.1, -0.05) is 30.3 Å². The molecule has 0 aromatic heterocycles. The molecule has 3 fully saturated rings. The minimum absolute atomic E-state index is 0.000658. The van der Waals surface area contributed by atoms with Crippen molar-refractivity contribution in [2.75, 3.05) is 45.2 Å². The van der Waals surface area contributed by atoms with Crippen LogP contribution in [0.25, 0.3) is 6.08 Å². The quantitative estimate of drug-likeness (QED) is 0.602. The number of amides is 2. The molecule has 3 unspecified atom stereocenters. The molecule has 2 amide bonds. The van der Waals surface area contributed by atoms with Crippen LogP contribution in [0.4, 0.5) is 5.69 Å². The Balaban J connectivity index is 1.21. The number of para-hydroxylation sites is 1. The molecule has 3 atom stereocenters. The Morgan fingerprint density at radius 2 is 1.80 bits per heavy atom. The summed E-state index contributed by atoms with van der Waals surface area (Å²) in [6, 6.07) is 18.3. The number of carbonyl (C=O) groups is 2. The van der Waals surface area contributed by atoms with E-state index < -0.39 is 0 Å². The molecule has 0 spiro atoms. The van der Waals surface area contributed by atoms with Crippen LogP contribution in [0.5, 0.6) is 5.75 Å². The lowest BCUT2D eigenvalue weighted by atomic mass is 9.83. The molecule has 0 radical (unpaired) electrons. The first-order chi connectivity index (χ1) is 17.0. The third-order valence-corrected chi connectivity index (χ3v) is 8.91. The Bertz CT molecular complexity index is 1100. The maximum absolute atomic E-state index is 13.4. The molecule has 1 saturated carbocycles. The number of thioether (sulfide) groups is 1. The van der Waals surface area contributed by atoms with E-state index in [-0.39, 0.29) is 23.8 Å². The number of hydrogen-bond donors (Lipinski definition) is 0. The molecule has 2 saturated heterocycles. The molecule has 5 rings (SSSR count). The summed E-state index contributed by atoms with van der Waals surface area (Å²) >= 11 is 1.68. The van der Waals surface area contributed by atoms with Crippen molar-refractivity contribution in [1.29, 1.82) is 0 Å². The molecule has 2 aromatic carbocycles. The highest BCUT2D eigenvalue weighted by atomic mass is 32.2. The van der Waals surface area contributed by atoms with E-state index in [1.165, 1.54) is 5.69 Å². The van der Waals surface area contributed by atoms with E-state index in [1.807, 2.05) is 53.3 Å². The van der Waals surface area contributed by atoms with E-state index in [1.54, 1.807) is 18.9 Å². The minimum atomic E-state index is -0.000658. The zero-order valence-electron chi connectivity index (χ0n) is 20.4. The molecule has 184 valence electrons. The first-order valence-corrected chi connectivity index (χ1v) is 13.3. The van der Waals surface area contributed by atoms with Crippen LogP contribution in [0.3, 0.4) is 0 Å². The number of anilines is 1. The van der Waals surface area contributed by atoms with Gasteiger partial charge in [0.05, 0.1) is 12.0 Å². The van der Waals surface area contributed by atoms with Crippen LogP contribution in [0.1, 0.15) is 24.8 Å². The normalized spacial score (nSPS) is 26.0. The van der Waals surface area contributed by atoms with Gasteiger partial charge in [-0.2, -0.15) is 0 Å². The van der Waals surface area contributed by atoms with E-state index in [0.29, 0.717) is 5.25 Å². The Kier molecular flexibility index (Phi) is 7.04. The molecule has 1 aliphatic carbocycles. The second-order valence-electron chi connectivity index (χ2n) is 9.58. The highest BCUT2D eigenvalue weighted by molar-refractivity contribution is 8.04. The van der Waals surface area contributed by atoms with Crippen LogP contribution in [-0.4, -0.2) is 73.2 Å². The number of rotatable bonds is 4. The Labute approximate surface area is 211 Å². The molecule has 35 heavy (non-hydrogen) atoms. The smallest absolute Gasteiger partial charge is 0.260 e. The molecule has 3 aliphatic rings. The van der Waals surface area contributed by atoms with Gasteiger partial charge in [-0.15, -0.1) is 11.8 Å². The standard InChI is InChI=1S/C28H33N3O3S/c1-29-24-19-21(27(32)31-15-13-30(14-16-31)22-8-4-3-5-9-22)11-12-25(24)35-26(28(29)33)18-20-7-6-10-23(17-20)34-2/h3-10,17-18,21,24-25H,11-16,19H2,1-2H3/b26-18-. The molecule has 7 heteroatoms. The van der Waals surface area contributed by atoms with Gasteiger partial charge in [-0.25, -0.2) is 0 Å². The number of piperazine rings is 1. The number of methoxy groups -OCH3 is 1. The minimum Gasteiger partial charge on any atom is -0.497 e. The van der Waals surface area contributed by atoms with E-state index in [0.717, 1.165) is 61.7 Å². The molecular weight excluding hydrogens is 458 g/mol. The Morgan fingerprint density at radius 3 is 2.54 bits per heavy atom. The van der Waals surface area contributed by atoms with E-state index in [4.69, 9.17) is 4.74 Å². The summed E-state index contributed by atoms with van der Waals surface area (Å²) in [4.78, 5) is 33.6. The van der Waals surface area contributed by atoms with Gasteiger partial charge in [0.2, 0.25) is 5.91 Å². The zero-order chi connectivity index (χ0) is 24.4. The van der Waals surface area contributed by atoms with Crippen LogP contribution in [0.15, 0.2) is 59.5 Å². The fourth-order valence-electron chi connectivity index (χ4n) is 5.49. The van der Waals surface area contributed by atoms with Gasteiger partial charge in [0.15, 0.2) is 0 Å². The molecule has 0 N–H and O–H groups in total. The lowest BCUT2D eigenvalue weighted by Gasteiger charge is -2.45. The second-order valence-corrected chi connectivity index (χ2v) is 10.9. The molecule has 2 aliphatic heterocycles. The fraction of sp³-hybridized carbons (Fsp3) is 0.429. The molecule has 2 aromatic rings. The van der Waals surface area contributed by atoms with Crippen molar-refractivity contribution in [3.05, 3.63) is 65.1 Å². The Morgan fingerprint density at radius 1 is 1.03 bits per heavy atom. The van der Waals surface area contributed by atoms with Gasteiger partial charge >= 0.3 is 0 Å². The van der Waals surface area contributed by atoms with Gasteiger partial charge in [0.1, 0.15) is 5.75 Å². The number of benzene rings is 2. The summed E-state index contributed by atoms with van der Waals surface area (Å²) in [5.41, 5.74) is 2.18. The van der Waals surface area contributed by atoms with Crippen molar-refractivity contribution in [1.82, 2.24) is 9.80 Å². The summed E-state index contributed by atoms with van der Waals surface area (Å²) in [7, 11) is 3.54. The van der Waals surface area contributed by atoms with Crippen LogP contribution in [-0.2, 0) is 9.59 Å². The number of likely N-dealkylation sites (N-methyl/N-ethyl adjacent to an activating group) is 1. The highest BCUT2D eigenvalue weighted by Crippen LogP contribution is 2.43. The van der Waals surface area contributed by atoms with Gasteiger partial charge in [0.25, 0.3) is 5.91 Å². The highest BCUT2D eigenvalue weighted by Gasteiger charge is 2.43. The van der Waals surface area contributed by atoms with Crippen LogP contribution < -0.4 is 9.64 Å². The predicted octanol–water partition coefficient (Wildman–Crippen LogP) is 4.13. The Hall–Kier alpha value is -2.93. The van der Waals surface area contributed by atoms with Crippen molar-refractivity contribution in [3.63, 3.8) is 0 Å². The molecule has 2 heterocycles. The van der Waals surface area contributed by atoms with Gasteiger partial charge in [0, 0.05) is 56.1 Å². The number of nitrogens with zero attached hydrogens (tertiary/aromatic N) is 3. The van der Waals surface area contributed by atoms with Crippen molar-refractivity contribution >= 4 is 35.3 Å². The first-order valence-electron chi connectivity index (χ1n) is 12.4.